The Morgan fingerprint density at radius 2 is 1.95 bits per heavy atom. The molecule has 0 radical (unpaired) electrons. The molecule has 0 spiro atoms. The minimum atomic E-state index is -0.620. The molecule has 1 heterocycles. The molecule has 4 heteroatoms. The minimum absolute atomic E-state index is 0.620. The van der Waals surface area contributed by atoms with Crippen LogP contribution in [0, 0.1) is 0 Å². The van der Waals surface area contributed by atoms with Crippen LogP contribution in [-0.4, -0.2) is 14.7 Å². The maximum absolute atomic E-state index is 9.94. The van der Waals surface area contributed by atoms with Crippen molar-refractivity contribution in [1.82, 2.24) is 9.55 Å². The van der Waals surface area contributed by atoms with Crippen molar-refractivity contribution < 1.29 is 5.11 Å². The van der Waals surface area contributed by atoms with Crippen molar-refractivity contribution in [2.45, 2.75) is 19.6 Å². The van der Waals surface area contributed by atoms with Crippen LogP contribution in [-0.2, 0) is 6.54 Å². The summed E-state index contributed by atoms with van der Waals surface area (Å²) >= 11 is 6.08. The van der Waals surface area contributed by atoms with E-state index >= 15 is 0 Å². The largest absolute Gasteiger partial charge is 0.385 e. The van der Waals surface area contributed by atoms with Crippen LogP contribution in [0.1, 0.15) is 24.4 Å². The number of aliphatic hydroxyl groups excluding tert-OH is 1. The molecule has 0 aliphatic heterocycles. The molecule has 3 nitrogen and oxygen atoms in total. The van der Waals surface area contributed by atoms with E-state index < -0.39 is 6.10 Å². The average Bonchev–Trinajstić information content (AvgIpc) is 2.78. The zero-order chi connectivity index (χ0) is 14.1. The van der Waals surface area contributed by atoms with Gasteiger partial charge in [0, 0.05) is 11.6 Å². The van der Waals surface area contributed by atoms with Crippen molar-refractivity contribution in [1.29, 1.82) is 0 Å². The topological polar surface area (TPSA) is 38.1 Å². The summed E-state index contributed by atoms with van der Waals surface area (Å²) in [4.78, 5) is 4.50. The molecule has 0 saturated carbocycles. The van der Waals surface area contributed by atoms with E-state index in [2.05, 4.69) is 17.1 Å². The fourth-order valence-corrected chi connectivity index (χ4v) is 2.53. The standard InChI is InChI=1S/C16H15ClN2O/c1-11(20)16-18-14-8-7-13(17)9-15(14)19(16)10-12-5-3-2-4-6-12/h2-9,11,20H,10H2,1H3/t11-/m1/s1. The number of halogens is 1. The molecule has 0 amide bonds. The normalized spacial score (nSPS) is 12.8. The molecule has 1 aromatic heterocycles. The van der Waals surface area contributed by atoms with Crippen LogP contribution in [0.4, 0.5) is 0 Å². The van der Waals surface area contributed by atoms with Crippen LogP contribution < -0.4 is 0 Å². The first-order valence-electron chi connectivity index (χ1n) is 6.53. The zero-order valence-electron chi connectivity index (χ0n) is 11.1. The summed E-state index contributed by atoms with van der Waals surface area (Å²) in [5, 5.41) is 10.6. The molecule has 20 heavy (non-hydrogen) atoms. The van der Waals surface area contributed by atoms with Gasteiger partial charge in [0.25, 0.3) is 0 Å². The molecule has 2 aromatic carbocycles. The Labute approximate surface area is 122 Å². The smallest absolute Gasteiger partial charge is 0.138 e. The van der Waals surface area contributed by atoms with Gasteiger partial charge in [0.15, 0.2) is 0 Å². The summed E-state index contributed by atoms with van der Waals surface area (Å²) in [6.07, 6.45) is -0.620. The second-order valence-electron chi connectivity index (χ2n) is 4.85. The number of hydrogen-bond acceptors (Lipinski definition) is 2. The molecule has 3 aromatic rings. The van der Waals surface area contributed by atoms with Gasteiger partial charge in [0.05, 0.1) is 11.0 Å². The maximum Gasteiger partial charge on any atom is 0.138 e. The van der Waals surface area contributed by atoms with Gasteiger partial charge in [-0.05, 0) is 30.7 Å². The lowest BCUT2D eigenvalue weighted by Gasteiger charge is -2.11. The third kappa shape index (κ3) is 2.42. The highest BCUT2D eigenvalue weighted by molar-refractivity contribution is 6.31. The van der Waals surface area contributed by atoms with Crippen LogP contribution in [0.5, 0.6) is 0 Å². The van der Waals surface area contributed by atoms with E-state index in [4.69, 9.17) is 11.6 Å². The van der Waals surface area contributed by atoms with Crippen molar-refractivity contribution >= 4 is 22.6 Å². The van der Waals surface area contributed by atoms with Crippen molar-refractivity contribution in [3.63, 3.8) is 0 Å². The third-order valence-corrected chi connectivity index (χ3v) is 3.53. The highest BCUT2D eigenvalue weighted by Crippen LogP contribution is 2.24. The van der Waals surface area contributed by atoms with Crippen LogP contribution in [0.15, 0.2) is 48.5 Å². The molecule has 0 saturated heterocycles. The SMILES string of the molecule is C[C@@H](O)c1nc2ccc(Cl)cc2n1Cc1ccccc1. The van der Waals surface area contributed by atoms with Gasteiger partial charge in [-0.15, -0.1) is 0 Å². The Morgan fingerprint density at radius 1 is 1.20 bits per heavy atom. The number of fused-ring (bicyclic) bond motifs is 1. The molecule has 0 unspecified atom stereocenters. The molecule has 0 aliphatic rings. The highest BCUT2D eigenvalue weighted by atomic mass is 35.5. The van der Waals surface area contributed by atoms with Crippen LogP contribution in [0.25, 0.3) is 11.0 Å². The third-order valence-electron chi connectivity index (χ3n) is 3.30. The lowest BCUT2D eigenvalue weighted by Crippen LogP contribution is -2.07. The summed E-state index contributed by atoms with van der Waals surface area (Å²) < 4.78 is 2.02. The summed E-state index contributed by atoms with van der Waals surface area (Å²) in [6.45, 7) is 2.39. The molecule has 1 atom stereocenters. The molecule has 0 bridgehead atoms. The summed E-state index contributed by atoms with van der Waals surface area (Å²) in [5.74, 6) is 0.658. The van der Waals surface area contributed by atoms with Crippen LogP contribution >= 0.6 is 11.6 Å². The fourth-order valence-electron chi connectivity index (χ4n) is 2.37. The average molecular weight is 287 g/mol. The predicted molar refractivity (Wildman–Crippen MR) is 80.9 cm³/mol. The first kappa shape index (κ1) is 13.2. The van der Waals surface area contributed by atoms with Gasteiger partial charge in [0.1, 0.15) is 11.9 Å². The van der Waals surface area contributed by atoms with Crippen molar-refractivity contribution in [2.75, 3.05) is 0 Å². The van der Waals surface area contributed by atoms with E-state index in [1.165, 1.54) is 0 Å². The van der Waals surface area contributed by atoms with E-state index in [0.717, 1.165) is 16.6 Å². The van der Waals surface area contributed by atoms with Crippen LogP contribution in [0.3, 0.4) is 0 Å². The van der Waals surface area contributed by atoms with E-state index in [-0.39, 0.29) is 0 Å². The van der Waals surface area contributed by atoms with Gasteiger partial charge in [-0.3, -0.25) is 0 Å². The Balaban J connectivity index is 2.15. The summed E-state index contributed by atoms with van der Waals surface area (Å²) in [5.41, 5.74) is 2.95. The van der Waals surface area contributed by atoms with Gasteiger partial charge >= 0.3 is 0 Å². The number of nitrogens with zero attached hydrogens (tertiary/aromatic N) is 2. The number of benzene rings is 2. The van der Waals surface area contributed by atoms with Gasteiger partial charge in [-0.25, -0.2) is 4.98 Å². The van der Waals surface area contributed by atoms with Gasteiger partial charge in [-0.1, -0.05) is 41.9 Å². The number of aliphatic hydroxyl groups is 1. The van der Waals surface area contributed by atoms with E-state index in [1.807, 2.05) is 41.0 Å². The first-order chi connectivity index (χ1) is 9.65. The maximum atomic E-state index is 9.94. The minimum Gasteiger partial charge on any atom is -0.385 e. The number of rotatable bonds is 3. The van der Waals surface area contributed by atoms with E-state index in [1.54, 1.807) is 6.92 Å². The first-order valence-corrected chi connectivity index (χ1v) is 6.90. The van der Waals surface area contributed by atoms with Crippen molar-refractivity contribution in [3.05, 3.63) is 64.9 Å². The van der Waals surface area contributed by atoms with Crippen molar-refractivity contribution in [2.24, 2.45) is 0 Å². The number of aromatic nitrogens is 2. The quantitative estimate of drug-likeness (QED) is 0.795. The fraction of sp³-hybridized carbons (Fsp3) is 0.188. The molecular formula is C16H15ClN2O. The summed E-state index contributed by atoms with van der Waals surface area (Å²) in [7, 11) is 0. The number of hydrogen-bond donors (Lipinski definition) is 1. The molecule has 1 N–H and O–H groups in total. The number of imidazole rings is 1. The molecule has 0 fully saturated rings. The van der Waals surface area contributed by atoms with Gasteiger partial charge < -0.3 is 9.67 Å². The second-order valence-corrected chi connectivity index (χ2v) is 5.29. The Kier molecular flexibility index (Phi) is 3.47. The Morgan fingerprint density at radius 3 is 2.65 bits per heavy atom. The Bertz CT molecular complexity index is 735. The van der Waals surface area contributed by atoms with Gasteiger partial charge in [0.2, 0.25) is 0 Å². The highest BCUT2D eigenvalue weighted by Gasteiger charge is 2.15. The zero-order valence-corrected chi connectivity index (χ0v) is 11.9. The molecular weight excluding hydrogens is 272 g/mol. The lowest BCUT2D eigenvalue weighted by molar-refractivity contribution is 0.185. The molecule has 0 aliphatic carbocycles. The van der Waals surface area contributed by atoms with Crippen molar-refractivity contribution in [3.8, 4) is 0 Å². The van der Waals surface area contributed by atoms with E-state index in [0.29, 0.717) is 17.4 Å². The second kappa shape index (κ2) is 5.27. The Hall–Kier alpha value is -1.84. The monoisotopic (exact) mass is 286 g/mol. The lowest BCUT2D eigenvalue weighted by atomic mass is 10.2. The molecule has 102 valence electrons. The van der Waals surface area contributed by atoms with Crippen LogP contribution in [0.2, 0.25) is 5.02 Å². The summed E-state index contributed by atoms with van der Waals surface area (Å²) in [6, 6.07) is 15.7. The molecule has 3 rings (SSSR count). The van der Waals surface area contributed by atoms with Gasteiger partial charge in [-0.2, -0.15) is 0 Å². The predicted octanol–water partition coefficient (Wildman–Crippen LogP) is 3.79. The van der Waals surface area contributed by atoms with E-state index in [9.17, 15) is 5.11 Å².